The maximum Gasteiger partial charge on any atom is 0.286 e. The van der Waals surface area contributed by atoms with Gasteiger partial charge in [-0.25, -0.2) is 4.39 Å². The predicted molar refractivity (Wildman–Crippen MR) is 104 cm³/mol. The van der Waals surface area contributed by atoms with Gasteiger partial charge in [0.15, 0.2) is 18.1 Å². The number of carbonyl (C=O) groups is 2. The van der Waals surface area contributed by atoms with Gasteiger partial charge in [0.25, 0.3) is 11.5 Å². The van der Waals surface area contributed by atoms with Gasteiger partial charge in [0.1, 0.15) is 5.82 Å². The second-order valence-electron chi connectivity index (χ2n) is 6.83. The van der Waals surface area contributed by atoms with Gasteiger partial charge in [-0.15, -0.1) is 0 Å². The number of para-hydroxylation sites is 1. The highest BCUT2D eigenvalue weighted by Crippen LogP contribution is 2.28. The summed E-state index contributed by atoms with van der Waals surface area (Å²) >= 11 is 0. The zero-order valence-electron chi connectivity index (χ0n) is 15.9. The number of hydrogen-bond donors (Lipinski definition) is 1. The summed E-state index contributed by atoms with van der Waals surface area (Å²) in [6.07, 6.45) is 3.56. The number of benzene rings is 2. The number of halogens is 2. The van der Waals surface area contributed by atoms with Crippen molar-refractivity contribution in [2.24, 2.45) is 0 Å². The number of aryl methyl sites for hydroxylation is 2. The SMILES string of the molecule is Cc1cc(C)c[n+](C2=C(Nc3ccccc3F)C(=O)c3ccccc3C2=O)c1.[I-]. The van der Waals surface area contributed by atoms with Crippen LogP contribution in [-0.2, 0) is 0 Å². The molecule has 0 amide bonds. The standard InChI is InChI=1S/C23H17FN2O2.HI/c1-14-11-15(2)13-26(12-14)21-20(25-19-10-6-5-9-18(19)24)22(27)16-7-3-4-8-17(16)23(21)28;/h3-13H,1-2H3;1H. The summed E-state index contributed by atoms with van der Waals surface area (Å²) in [5, 5.41) is 2.87. The minimum atomic E-state index is -0.501. The Kier molecular flexibility index (Phi) is 5.93. The van der Waals surface area contributed by atoms with Crippen LogP contribution >= 0.6 is 0 Å². The van der Waals surface area contributed by atoms with Gasteiger partial charge < -0.3 is 29.3 Å². The molecule has 6 heteroatoms. The number of nitrogens with one attached hydrogen (secondary N) is 1. The molecule has 4 nitrogen and oxygen atoms in total. The second kappa shape index (κ2) is 8.24. The highest BCUT2D eigenvalue weighted by molar-refractivity contribution is 6.36. The van der Waals surface area contributed by atoms with Crippen LogP contribution in [0, 0.1) is 19.7 Å². The van der Waals surface area contributed by atoms with Gasteiger partial charge in [-0.3, -0.25) is 9.59 Å². The molecule has 2 aromatic carbocycles. The molecule has 1 aliphatic rings. The smallest absolute Gasteiger partial charge is 0.286 e. The Labute approximate surface area is 185 Å². The van der Waals surface area contributed by atoms with Crippen LogP contribution in [0.15, 0.2) is 72.7 Å². The van der Waals surface area contributed by atoms with Crippen molar-refractivity contribution in [1.29, 1.82) is 0 Å². The van der Waals surface area contributed by atoms with Crippen molar-refractivity contribution in [3.05, 3.63) is 101 Å². The first-order chi connectivity index (χ1) is 13.5. The van der Waals surface area contributed by atoms with Crippen LogP contribution in [0.25, 0.3) is 5.70 Å². The number of carbonyl (C=O) groups excluding carboxylic acids is 2. The molecule has 0 aliphatic heterocycles. The zero-order valence-corrected chi connectivity index (χ0v) is 18.0. The normalized spacial score (nSPS) is 13.1. The second-order valence-corrected chi connectivity index (χ2v) is 6.83. The molecule has 1 aromatic heterocycles. The molecule has 0 unspecified atom stereocenters. The molecule has 0 saturated heterocycles. The third-order valence-corrected chi connectivity index (χ3v) is 4.63. The van der Waals surface area contributed by atoms with Crippen LogP contribution in [0.2, 0.25) is 0 Å². The number of anilines is 1. The number of pyridine rings is 1. The molecule has 0 spiro atoms. The molecule has 0 fully saturated rings. The maximum absolute atomic E-state index is 14.2. The zero-order chi connectivity index (χ0) is 19.8. The van der Waals surface area contributed by atoms with Crippen LogP contribution in [0.4, 0.5) is 10.1 Å². The Hall–Kier alpha value is -2.87. The van der Waals surface area contributed by atoms with Crippen molar-refractivity contribution in [3.63, 3.8) is 0 Å². The molecule has 3 aromatic rings. The topological polar surface area (TPSA) is 50.1 Å². The van der Waals surface area contributed by atoms with E-state index in [1.54, 1.807) is 53.4 Å². The number of aromatic nitrogens is 1. The molecule has 0 saturated carbocycles. The highest BCUT2D eigenvalue weighted by atomic mass is 127. The lowest BCUT2D eigenvalue weighted by Crippen LogP contribution is -3.00. The van der Waals surface area contributed by atoms with Crippen molar-refractivity contribution >= 4 is 23.0 Å². The third-order valence-electron chi connectivity index (χ3n) is 4.63. The van der Waals surface area contributed by atoms with Crippen molar-refractivity contribution < 1.29 is 42.5 Å². The van der Waals surface area contributed by atoms with Crippen LogP contribution in [-0.4, -0.2) is 11.6 Å². The van der Waals surface area contributed by atoms with E-state index in [0.29, 0.717) is 11.1 Å². The first-order valence-electron chi connectivity index (χ1n) is 8.90. The lowest BCUT2D eigenvalue weighted by molar-refractivity contribution is -0.578. The molecule has 1 N–H and O–H groups in total. The number of ketones is 2. The van der Waals surface area contributed by atoms with Gasteiger partial charge in [0.2, 0.25) is 5.78 Å². The lowest BCUT2D eigenvalue weighted by atomic mass is 9.90. The Bertz CT molecular complexity index is 1150. The van der Waals surface area contributed by atoms with E-state index >= 15 is 0 Å². The molecule has 1 aliphatic carbocycles. The molecule has 0 atom stereocenters. The Morgan fingerprint density at radius 1 is 0.828 bits per heavy atom. The van der Waals surface area contributed by atoms with Crippen molar-refractivity contribution in [1.82, 2.24) is 0 Å². The van der Waals surface area contributed by atoms with Crippen molar-refractivity contribution in [2.75, 3.05) is 5.32 Å². The maximum atomic E-state index is 14.2. The van der Waals surface area contributed by atoms with Gasteiger partial charge in [-0.1, -0.05) is 36.4 Å². The number of allylic oxidation sites excluding steroid dienone is 2. The van der Waals surface area contributed by atoms with Gasteiger partial charge in [-0.2, -0.15) is 4.57 Å². The number of nitrogens with zero attached hydrogens (tertiary/aromatic N) is 1. The largest absolute Gasteiger partial charge is 1.00 e. The van der Waals surface area contributed by atoms with E-state index in [4.69, 9.17) is 0 Å². The van der Waals surface area contributed by atoms with Crippen LogP contribution < -0.4 is 33.9 Å². The molecule has 146 valence electrons. The average Bonchev–Trinajstić information content (AvgIpc) is 2.67. The molecule has 1 heterocycles. The van der Waals surface area contributed by atoms with Gasteiger partial charge in [0, 0.05) is 22.3 Å². The molecule has 29 heavy (non-hydrogen) atoms. The van der Waals surface area contributed by atoms with Crippen LogP contribution in [0.1, 0.15) is 31.8 Å². The van der Waals surface area contributed by atoms with E-state index in [9.17, 15) is 14.0 Å². The minimum Gasteiger partial charge on any atom is -1.00 e. The summed E-state index contributed by atoms with van der Waals surface area (Å²) in [5.41, 5.74) is 2.91. The number of Topliss-reactive ketones (excluding diaryl/α,β-unsaturated/α-hetero) is 2. The van der Waals surface area contributed by atoms with E-state index in [2.05, 4.69) is 5.32 Å². The summed E-state index contributed by atoms with van der Waals surface area (Å²) in [6, 6.07) is 14.7. The Morgan fingerprint density at radius 2 is 1.38 bits per heavy atom. The van der Waals surface area contributed by atoms with E-state index in [-0.39, 0.29) is 52.6 Å². The van der Waals surface area contributed by atoms with Gasteiger partial charge in [0.05, 0.1) is 5.69 Å². The van der Waals surface area contributed by atoms with E-state index in [0.717, 1.165) is 11.1 Å². The summed E-state index contributed by atoms with van der Waals surface area (Å²) in [4.78, 5) is 26.5. The summed E-state index contributed by atoms with van der Waals surface area (Å²) in [7, 11) is 0. The molecule has 4 rings (SSSR count). The predicted octanol–water partition coefficient (Wildman–Crippen LogP) is 1.09. The first kappa shape index (κ1) is 20.9. The monoisotopic (exact) mass is 500 g/mol. The molecular weight excluding hydrogens is 482 g/mol. The fourth-order valence-corrected chi connectivity index (χ4v) is 3.46. The third kappa shape index (κ3) is 3.85. The molecule has 0 radical (unpaired) electrons. The van der Waals surface area contributed by atoms with Gasteiger partial charge >= 0.3 is 0 Å². The quantitative estimate of drug-likeness (QED) is 0.433. The first-order valence-corrected chi connectivity index (χ1v) is 8.90. The number of hydrogen-bond acceptors (Lipinski definition) is 3. The molecule has 0 bridgehead atoms. The summed E-state index contributed by atoms with van der Waals surface area (Å²) in [5.74, 6) is -1.14. The highest BCUT2D eigenvalue weighted by Gasteiger charge is 2.39. The average molecular weight is 500 g/mol. The van der Waals surface area contributed by atoms with E-state index in [1.165, 1.54) is 12.1 Å². The fraction of sp³-hybridized carbons (Fsp3) is 0.0870. The van der Waals surface area contributed by atoms with Crippen LogP contribution in [0.5, 0.6) is 0 Å². The summed E-state index contributed by atoms with van der Waals surface area (Å²) < 4.78 is 15.9. The van der Waals surface area contributed by atoms with Crippen molar-refractivity contribution in [3.8, 4) is 0 Å². The fourth-order valence-electron chi connectivity index (χ4n) is 3.46. The minimum absolute atomic E-state index is 0. The summed E-state index contributed by atoms with van der Waals surface area (Å²) in [6.45, 7) is 3.83. The van der Waals surface area contributed by atoms with Crippen LogP contribution in [0.3, 0.4) is 0 Å². The number of fused-ring (bicyclic) bond motifs is 1. The lowest BCUT2D eigenvalue weighted by Gasteiger charge is -2.19. The Balaban J connectivity index is 0.00000240. The Morgan fingerprint density at radius 3 is 2.00 bits per heavy atom. The van der Waals surface area contributed by atoms with E-state index < -0.39 is 5.82 Å². The van der Waals surface area contributed by atoms with Crippen molar-refractivity contribution in [2.45, 2.75) is 13.8 Å². The molecular formula is C23H18FIN2O2. The van der Waals surface area contributed by atoms with Gasteiger partial charge in [-0.05, 0) is 32.0 Å². The van der Waals surface area contributed by atoms with E-state index in [1.807, 2.05) is 19.9 Å². The number of rotatable bonds is 3.